The van der Waals surface area contributed by atoms with Gasteiger partial charge in [0, 0.05) is 19.1 Å². The summed E-state index contributed by atoms with van der Waals surface area (Å²) >= 11 is 0. The SMILES string of the molecule is CC1(C)CN(CCC(N)C(C)(C)C)CC(C)(C)O1. The third-order valence-electron chi connectivity index (χ3n) is 3.63. The molecule has 0 bridgehead atoms. The molecule has 1 fully saturated rings. The minimum Gasteiger partial charge on any atom is -0.367 e. The van der Waals surface area contributed by atoms with Gasteiger partial charge in [0.2, 0.25) is 0 Å². The van der Waals surface area contributed by atoms with Crippen LogP contribution < -0.4 is 5.73 Å². The van der Waals surface area contributed by atoms with Gasteiger partial charge in [-0.15, -0.1) is 0 Å². The number of hydrogen-bond donors (Lipinski definition) is 1. The summed E-state index contributed by atoms with van der Waals surface area (Å²) in [4.78, 5) is 2.50. The van der Waals surface area contributed by atoms with E-state index in [1.807, 2.05) is 0 Å². The van der Waals surface area contributed by atoms with Crippen LogP contribution >= 0.6 is 0 Å². The van der Waals surface area contributed by atoms with Crippen LogP contribution in [0.25, 0.3) is 0 Å². The van der Waals surface area contributed by atoms with Gasteiger partial charge in [0.1, 0.15) is 0 Å². The molecule has 3 heteroatoms. The molecule has 1 atom stereocenters. The Hall–Kier alpha value is -0.120. The summed E-state index contributed by atoms with van der Waals surface area (Å²) in [5.74, 6) is 0. The Bertz CT molecular complexity index is 263. The molecule has 0 aromatic heterocycles. The third-order valence-corrected chi connectivity index (χ3v) is 3.63. The summed E-state index contributed by atoms with van der Waals surface area (Å²) in [5, 5.41) is 0. The number of rotatable bonds is 3. The molecule has 0 aromatic carbocycles. The maximum absolute atomic E-state index is 6.25. The largest absolute Gasteiger partial charge is 0.367 e. The number of hydrogen-bond acceptors (Lipinski definition) is 3. The molecule has 1 aliphatic rings. The summed E-state index contributed by atoms with van der Waals surface area (Å²) in [7, 11) is 0. The average Bonchev–Trinajstić information content (AvgIpc) is 2.07. The second kappa shape index (κ2) is 5.10. The quantitative estimate of drug-likeness (QED) is 0.843. The van der Waals surface area contributed by atoms with E-state index in [-0.39, 0.29) is 22.7 Å². The number of nitrogens with zero attached hydrogens (tertiary/aromatic N) is 1. The van der Waals surface area contributed by atoms with E-state index >= 15 is 0 Å². The van der Waals surface area contributed by atoms with Crippen LogP contribution in [-0.4, -0.2) is 41.8 Å². The second-order valence-corrected chi connectivity index (χ2v) is 8.09. The summed E-state index contributed by atoms with van der Waals surface area (Å²) in [6.07, 6.45) is 1.05. The minimum absolute atomic E-state index is 0.0619. The maximum Gasteiger partial charge on any atom is 0.0760 e. The highest BCUT2D eigenvalue weighted by molar-refractivity contribution is 4.90. The number of morpholine rings is 1. The van der Waals surface area contributed by atoms with Gasteiger partial charge in [-0.2, -0.15) is 0 Å². The molecule has 1 aliphatic heterocycles. The van der Waals surface area contributed by atoms with Gasteiger partial charge < -0.3 is 10.5 Å². The van der Waals surface area contributed by atoms with Crippen LogP contribution in [0.1, 0.15) is 54.9 Å². The van der Waals surface area contributed by atoms with E-state index in [9.17, 15) is 0 Å². The summed E-state index contributed by atoms with van der Waals surface area (Å²) in [6, 6.07) is 0.256. The standard InChI is InChI=1S/C15H32N2O/c1-13(2,3)12(16)8-9-17-10-14(4,5)18-15(6,7)11-17/h12H,8-11,16H2,1-7H3. The van der Waals surface area contributed by atoms with Gasteiger partial charge in [-0.1, -0.05) is 20.8 Å². The molecule has 0 aliphatic carbocycles. The van der Waals surface area contributed by atoms with Crippen LogP contribution in [0.2, 0.25) is 0 Å². The summed E-state index contributed by atoms with van der Waals surface area (Å²) in [6.45, 7) is 18.4. The van der Waals surface area contributed by atoms with Crippen molar-refractivity contribution in [1.82, 2.24) is 4.90 Å². The van der Waals surface area contributed by atoms with E-state index in [1.54, 1.807) is 0 Å². The van der Waals surface area contributed by atoms with E-state index in [0.717, 1.165) is 26.1 Å². The molecule has 3 nitrogen and oxygen atoms in total. The van der Waals surface area contributed by atoms with E-state index in [1.165, 1.54) is 0 Å². The molecule has 0 aromatic rings. The molecule has 1 heterocycles. The Morgan fingerprint density at radius 2 is 1.56 bits per heavy atom. The van der Waals surface area contributed by atoms with Crippen LogP contribution in [0, 0.1) is 5.41 Å². The molecule has 1 unspecified atom stereocenters. The van der Waals surface area contributed by atoms with E-state index in [4.69, 9.17) is 10.5 Å². The van der Waals surface area contributed by atoms with Gasteiger partial charge in [-0.25, -0.2) is 0 Å². The third kappa shape index (κ3) is 4.87. The van der Waals surface area contributed by atoms with Crippen molar-refractivity contribution in [3.63, 3.8) is 0 Å². The normalized spacial score (nSPS) is 26.0. The first-order valence-corrected chi connectivity index (χ1v) is 7.09. The lowest BCUT2D eigenvalue weighted by Gasteiger charge is -2.47. The van der Waals surface area contributed by atoms with Gasteiger partial charge in [0.05, 0.1) is 11.2 Å². The van der Waals surface area contributed by atoms with Gasteiger partial charge in [-0.3, -0.25) is 4.90 Å². The monoisotopic (exact) mass is 256 g/mol. The molecule has 18 heavy (non-hydrogen) atoms. The maximum atomic E-state index is 6.25. The number of nitrogens with two attached hydrogens (primary N) is 1. The fourth-order valence-electron chi connectivity index (χ4n) is 2.86. The van der Waals surface area contributed by atoms with Gasteiger partial charge in [-0.05, 0) is 46.1 Å². The first-order valence-electron chi connectivity index (χ1n) is 7.09. The van der Waals surface area contributed by atoms with Crippen LogP contribution in [0.3, 0.4) is 0 Å². The zero-order valence-electron chi connectivity index (χ0n) is 13.3. The lowest BCUT2D eigenvalue weighted by molar-refractivity contribution is -0.180. The summed E-state index contributed by atoms with van der Waals surface area (Å²) < 4.78 is 6.09. The van der Waals surface area contributed by atoms with Crippen molar-refractivity contribution in [3.05, 3.63) is 0 Å². The van der Waals surface area contributed by atoms with Crippen molar-refractivity contribution in [2.75, 3.05) is 19.6 Å². The molecule has 0 radical (unpaired) electrons. The van der Waals surface area contributed by atoms with Crippen molar-refractivity contribution in [3.8, 4) is 0 Å². The minimum atomic E-state index is -0.0619. The lowest BCUT2D eigenvalue weighted by atomic mass is 9.85. The molecular weight excluding hydrogens is 224 g/mol. The summed E-state index contributed by atoms with van der Waals surface area (Å²) in [5.41, 5.74) is 6.31. The van der Waals surface area contributed by atoms with Gasteiger partial charge in [0.15, 0.2) is 0 Å². The van der Waals surface area contributed by atoms with E-state index < -0.39 is 0 Å². The molecule has 0 spiro atoms. The molecule has 2 N–H and O–H groups in total. The average molecular weight is 256 g/mol. The zero-order valence-corrected chi connectivity index (χ0v) is 13.3. The van der Waals surface area contributed by atoms with Crippen molar-refractivity contribution < 1.29 is 4.74 Å². The molecular formula is C15H32N2O. The Kier molecular flexibility index (Phi) is 4.52. The second-order valence-electron chi connectivity index (χ2n) is 8.09. The highest BCUT2D eigenvalue weighted by atomic mass is 16.5. The fourth-order valence-corrected chi connectivity index (χ4v) is 2.86. The predicted molar refractivity (Wildman–Crippen MR) is 77.7 cm³/mol. The van der Waals surface area contributed by atoms with Gasteiger partial charge in [0.25, 0.3) is 0 Å². The first kappa shape index (κ1) is 15.9. The van der Waals surface area contributed by atoms with Crippen molar-refractivity contribution >= 4 is 0 Å². The van der Waals surface area contributed by atoms with E-state index in [0.29, 0.717) is 0 Å². The number of ether oxygens (including phenoxy) is 1. The Balaban J connectivity index is 2.52. The molecule has 0 amide bonds. The molecule has 1 rings (SSSR count). The van der Waals surface area contributed by atoms with Crippen molar-refractivity contribution in [1.29, 1.82) is 0 Å². The van der Waals surface area contributed by atoms with Crippen LogP contribution in [0.15, 0.2) is 0 Å². The fraction of sp³-hybridized carbons (Fsp3) is 1.00. The Morgan fingerprint density at radius 3 is 1.94 bits per heavy atom. The topological polar surface area (TPSA) is 38.5 Å². The Labute approximate surface area is 113 Å². The van der Waals surface area contributed by atoms with Crippen LogP contribution in [0.4, 0.5) is 0 Å². The zero-order chi connectivity index (χ0) is 14.2. The van der Waals surface area contributed by atoms with E-state index in [2.05, 4.69) is 53.4 Å². The molecule has 0 saturated carbocycles. The molecule has 108 valence electrons. The van der Waals surface area contributed by atoms with Crippen LogP contribution in [-0.2, 0) is 4.74 Å². The smallest absolute Gasteiger partial charge is 0.0760 e. The molecule has 1 saturated heterocycles. The predicted octanol–water partition coefficient (Wildman–Crippen LogP) is 2.64. The highest BCUT2D eigenvalue weighted by Gasteiger charge is 2.38. The Morgan fingerprint density at radius 1 is 1.11 bits per heavy atom. The van der Waals surface area contributed by atoms with Crippen LogP contribution in [0.5, 0.6) is 0 Å². The van der Waals surface area contributed by atoms with Crippen molar-refractivity contribution in [2.24, 2.45) is 11.1 Å². The first-order chi connectivity index (χ1) is 7.91. The lowest BCUT2D eigenvalue weighted by Crippen LogP contribution is -2.57. The van der Waals surface area contributed by atoms with Gasteiger partial charge >= 0.3 is 0 Å². The van der Waals surface area contributed by atoms with Crippen molar-refractivity contribution in [2.45, 2.75) is 72.1 Å². The highest BCUT2D eigenvalue weighted by Crippen LogP contribution is 2.28.